The summed E-state index contributed by atoms with van der Waals surface area (Å²) in [6.45, 7) is 1.04. The van der Waals surface area contributed by atoms with E-state index >= 15 is 0 Å². The molecule has 0 aromatic rings. The molecule has 0 aromatic carbocycles. The molecule has 1 aliphatic carbocycles. The fraction of sp³-hybridized carbons (Fsp3) is 0.500. The summed E-state index contributed by atoms with van der Waals surface area (Å²) in [6.07, 6.45) is 5.53. The average Bonchev–Trinajstić information content (AvgIpc) is 2.33. The third-order valence-corrected chi connectivity index (χ3v) is 2.06. The number of hydrogen-bond donors (Lipinski definition) is 2. The molecule has 0 spiro atoms. The molecule has 0 amide bonds. The summed E-state index contributed by atoms with van der Waals surface area (Å²) in [6, 6.07) is 0. The third kappa shape index (κ3) is 0.847. The van der Waals surface area contributed by atoms with Crippen molar-refractivity contribution >= 4 is 0 Å². The van der Waals surface area contributed by atoms with E-state index in [1.165, 1.54) is 11.3 Å². The highest BCUT2D eigenvalue weighted by molar-refractivity contribution is 5.33. The topological polar surface area (TPSA) is 32.3 Å². The number of aliphatic hydroxyl groups excluding tert-OH is 1. The van der Waals surface area contributed by atoms with Gasteiger partial charge in [0.1, 0.15) is 0 Å². The predicted octanol–water partition coefficient (Wildman–Crippen LogP) is 0.555. The Kier molecular flexibility index (Phi) is 1.27. The average molecular weight is 137 g/mol. The first kappa shape index (κ1) is 5.98. The Morgan fingerprint density at radius 2 is 2.50 bits per heavy atom. The maximum atomic E-state index is 9.21. The zero-order chi connectivity index (χ0) is 6.97. The summed E-state index contributed by atoms with van der Waals surface area (Å²) >= 11 is 0. The standard InChI is InChI=1S/C8H11NO/c10-7-1-2-8-6(5-7)3-4-9-8/h1-2,7,9-10H,3-5H2. The van der Waals surface area contributed by atoms with Crippen molar-refractivity contribution in [2.75, 3.05) is 6.54 Å². The van der Waals surface area contributed by atoms with E-state index in [0.717, 1.165) is 19.4 Å². The van der Waals surface area contributed by atoms with Crippen LogP contribution in [-0.4, -0.2) is 17.8 Å². The summed E-state index contributed by atoms with van der Waals surface area (Å²) in [4.78, 5) is 0. The number of nitrogens with one attached hydrogen (secondary N) is 1. The molecule has 2 heteroatoms. The van der Waals surface area contributed by atoms with Crippen LogP contribution in [0, 0.1) is 0 Å². The third-order valence-electron chi connectivity index (χ3n) is 2.06. The zero-order valence-electron chi connectivity index (χ0n) is 5.80. The van der Waals surface area contributed by atoms with E-state index in [1.807, 2.05) is 12.2 Å². The zero-order valence-corrected chi connectivity index (χ0v) is 5.80. The molecule has 1 heterocycles. The molecule has 0 aromatic heterocycles. The lowest BCUT2D eigenvalue weighted by Crippen LogP contribution is -2.11. The Morgan fingerprint density at radius 1 is 1.60 bits per heavy atom. The van der Waals surface area contributed by atoms with Crippen molar-refractivity contribution in [2.24, 2.45) is 0 Å². The lowest BCUT2D eigenvalue weighted by atomic mass is 10.0. The number of allylic oxidation sites excluding steroid dienone is 1. The molecule has 0 radical (unpaired) electrons. The molecule has 2 nitrogen and oxygen atoms in total. The van der Waals surface area contributed by atoms with Crippen LogP contribution in [0.3, 0.4) is 0 Å². The highest BCUT2D eigenvalue weighted by Gasteiger charge is 2.17. The van der Waals surface area contributed by atoms with Gasteiger partial charge in [-0.3, -0.25) is 0 Å². The fourth-order valence-electron chi connectivity index (χ4n) is 1.52. The van der Waals surface area contributed by atoms with Crippen LogP contribution in [0.4, 0.5) is 0 Å². The summed E-state index contributed by atoms with van der Waals surface area (Å²) < 4.78 is 0. The lowest BCUT2D eigenvalue weighted by Gasteiger charge is -2.12. The Hall–Kier alpha value is -0.760. The van der Waals surface area contributed by atoms with Crippen molar-refractivity contribution in [1.29, 1.82) is 0 Å². The van der Waals surface area contributed by atoms with Crippen LogP contribution < -0.4 is 5.32 Å². The van der Waals surface area contributed by atoms with Gasteiger partial charge in [0, 0.05) is 18.7 Å². The van der Waals surface area contributed by atoms with Crippen molar-refractivity contribution in [3.05, 3.63) is 23.4 Å². The molecule has 1 atom stereocenters. The Bertz CT molecular complexity index is 205. The number of hydrogen-bond acceptors (Lipinski definition) is 2. The van der Waals surface area contributed by atoms with Crippen LogP contribution in [0.2, 0.25) is 0 Å². The smallest absolute Gasteiger partial charge is 0.0762 e. The molecule has 0 saturated carbocycles. The minimum Gasteiger partial charge on any atom is -0.389 e. The first-order valence-corrected chi connectivity index (χ1v) is 3.68. The molecular formula is C8H11NO. The molecule has 0 bridgehead atoms. The van der Waals surface area contributed by atoms with Gasteiger partial charge in [-0.1, -0.05) is 6.08 Å². The van der Waals surface area contributed by atoms with Crippen LogP contribution in [-0.2, 0) is 0 Å². The fourth-order valence-corrected chi connectivity index (χ4v) is 1.52. The summed E-state index contributed by atoms with van der Waals surface area (Å²) in [5.74, 6) is 0. The first-order chi connectivity index (χ1) is 4.86. The predicted molar refractivity (Wildman–Crippen MR) is 39.4 cm³/mol. The molecule has 2 aliphatic rings. The van der Waals surface area contributed by atoms with Crippen LogP contribution in [0.25, 0.3) is 0 Å². The van der Waals surface area contributed by atoms with E-state index in [0.29, 0.717) is 0 Å². The molecule has 0 fully saturated rings. The summed E-state index contributed by atoms with van der Waals surface area (Å²) in [5.41, 5.74) is 2.63. The van der Waals surface area contributed by atoms with Gasteiger partial charge in [-0.25, -0.2) is 0 Å². The largest absolute Gasteiger partial charge is 0.389 e. The molecule has 54 valence electrons. The van der Waals surface area contributed by atoms with E-state index in [1.54, 1.807) is 0 Å². The van der Waals surface area contributed by atoms with E-state index in [4.69, 9.17) is 0 Å². The normalized spacial score (nSPS) is 30.3. The monoisotopic (exact) mass is 137 g/mol. The van der Waals surface area contributed by atoms with E-state index in [-0.39, 0.29) is 6.10 Å². The Balaban J connectivity index is 2.22. The first-order valence-electron chi connectivity index (χ1n) is 3.68. The van der Waals surface area contributed by atoms with Gasteiger partial charge < -0.3 is 10.4 Å². The van der Waals surface area contributed by atoms with Gasteiger partial charge in [0.25, 0.3) is 0 Å². The number of rotatable bonds is 0. The van der Waals surface area contributed by atoms with Crippen LogP contribution in [0.1, 0.15) is 12.8 Å². The molecule has 10 heavy (non-hydrogen) atoms. The molecular weight excluding hydrogens is 126 g/mol. The van der Waals surface area contributed by atoms with Gasteiger partial charge in [0.05, 0.1) is 6.10 Å². The highest BCUT2D eigenvalue weighted by Crippen LogP contribution is 2.23. The van der Waals surface area contributed by atoms with Gasteiger partial charge in [-0.15, -0.1) is 0 Å². The van der Waals surface area contributed by atoms with E-state index in [9.17, 15) is 5.11 Å². The summed E-state index contributed by atoms with van der Waals surface area (Å²) in [5, 5.41) is 12.5. The second-order valence-corrected chi connectivity index (χ2v) is 2.82. The molecule has 2 rings (SSSR count). The highest BCUT2D eigenvalue weighted by atomic mass is 16.3. The quantitative estimate of drug-likeness (QED) is 0.511. The minimum atomic E-state index is -0.237. The van der Waals surface area contributed by atoms with Gasteiger partial charge >= 0.3 is 0 Å². The van der Waals surface area contributed by atoms with Gasteiger partial charge in [0.15, 0.2) is 0 Å². The van der Waals surface area contributed by atoms with Crippen molar-refractivity contribution in [3.8, 4) is 0 Å². The van der Waals surface area contributed by atoms with Crippen molar-refractivity contribution in [1.82, 2.24) is 5.32 Å². The van der Waals surface area contributed by atoms with E-state index in [2.05, 4.69) is 5.32 Å². The van der Waals surface area contributed by atoms with Crippen LogP contribution >= 0.6 is 0 Å². The van der Waals surface area contributed by atoms with Crippen LogP contribution in [0.15, 0.2) is 23.4 Å². The molecule has 2 N–H and O–H groups in total. The lowest BCUT2D eigenvalue weighted by molar-refractivity contribution is 0.221. The SMILES string of the molecule is OC1C=CC2=C(CCN2)C1. The number of aliphatic hydroxyl groups is 1. The van der Waals surface area contributed by atoms with Crippen molar-refractivity contribution in [3.63, 3.8) is 0 Å². The van der Waals surface area contributed by atoms with Gasteiger partial charge in [0.2, 0.25) is 0 Å². The minimum absolute atomic E-state index is 0.237. The van der Waals surface area contributed by atoms with Gasteiger partial charge in [-0.05, 0) is 18.1 Å². The molecule has 1 aliphatic heterocycles. The van der Waals surface area contributed by atoms with Crippen molar-refractivity contribution in [2.45, 2.75) is 18.9 Å². The second kappa shape index (κ2) is 2.13. The van der Waals surface area contributed by atoms with Crippen LogP contribution in [0.5, 0.6) is 0 Å². The second-order valence-electron chi connectivity index (χ2n) is 2.82. The summed E-state index contributed by atoms with van der Waals surface area (Å²) in [7, 11) is 0. The molecule has 0 saturated heterocycles. The van der Waals surface area contributed by atoms with Gasteiger partial charge in [-0.2, -0.15) is 0 Å². The Labute approximate surface area is 60.2 Å². The Morgan fingerprint density at radius 3 is 3.40 bits per heavy atom. The van der Waals surface area contributed by atoms with Crippen molar-refractivity contribution < 1.29 is 5.11 Å². The maximum absolute atomic E-state index is 9.21. The molecule has 1 unspecified atom stereocenters. The maximum Gasteiger partial charge on any atom is 0.0762 e. The van der Waals surface area contributed by atoms with E-state index < -0.39 is 0 Å².